The highest BCUT2D eigenvalue weighted by Gasteiger charge is 2.10. The maximum atomic E-state index is 11.7. The molecule has 0 fully saturated rings. The number of methoxy groups -OCH3 is 1. The highest BCUT2D eigenvalue weighted by Crippen LogP contribution is 2.20. The van der Waals surface area contributed by atoms with Crippen LogP contribution in [0.2, 0.25) is 0 Å². The van der Waals surface area contributed by atoms with Crippen LogP contribution in [0.4, 0.5) is 0 Å². The molecule has 0 heterocycles. The molecule has 6 heteroatoms. The van der Waals surface area contributed by atoms with Crippen LogP contribution in [-0.4, -0.2) is 42.1 Å². The van der Waals surface area contributed by atoms with Crippen molar-refractivity contribution >= 4 is 23.6 Å². The van der Waals surface area contributed by atoms with E-state index < -0.39 is 5.97 Å². The molecule has 1 aromatic rings. The van der Waals surface area contributed by atoms with Gasteiger partial charge in [0.05, 0.1) is 12.7 Å². The molecule has 0 aromatic heterocycles. The van der Waals surface area contributed by atoms with E-state index in [1.807, 2.05) is 13.2 Å². The van der Waals surface area contributed by atoms with E-state index in [2.05, 4.69) is 5.32 Å². The number of carboxylic acids is 1. The van der Waals surface area contributed by atoms with Gasteiger partial charge in [-0.25, -0.2) is 4.79 Å². The molecule has 1 rings (SSSR count). The summed E-state index contributed by atoms with van der Waals surface area (Å²) in [6.45, 7) is 2.51. The van der Waals surface area contributed by atoms with Gasteiger partial charge in [-0.3, -0.25) is 4.79 Å². The molecule has 116 valence electrons. The quantitative estimate of drug-likeness (QED) is 0.770. The Morgan fingerprint density at radius 3 is 2.71 bits per heavy atom. The predicted molar refractivity (Wildman–Crippen MR) is 84.3 cm³/mol. The van der Waals surface area contributed by atoms with Gasteiger partial charge >= 0.3 is 5.97 Å². The van der Waals surface area contributed by atoms with Crippen LogP contribution in [0.25, 0.3) is 0 Å². The highest BCUT2D eigenvalue weighted by atomic mass is 32.2. The zero-order valence-electron chi connectivity index (χ0n) is 12.5. The third kappa shape index (κ3) is 5.67. The van der Waals surface area contributed by atoms with Crippen LogP contribution in [0.3, 0.4) is 0 Å². The maximum absolute atomic E-state index is 11.7. The highest BCUT2D eigenvalue weighted by molar-refractivity contribution is 7.99. The molecule has 0 saturated heterocycles. The lowest BCUT2D eigenvalue weighted by Crippen LogP contribution is -2.27. The van der Waals surface area contributed by atoms with Crippen molar-refractivity contribution in [3.8, 4) is 5.75 Å². The fourth-order valence-corrected chi connectivity index (χ4v) is 2.16. The van der Waals surface area contributed by atoms with Gasteiger partial charge in [0.2, 0.25) is 5.91 Å². The third-order valence-corrected chi connectivity index (χ3v) is 4.10. The number of thioether (sulfide) groups is 1. The van der Waals surface area contributed by atoms with E-state index in [-0.39, 0.29) is 11.5 Å². The number of carbonyl (C=O) groups is 2. The van der Waals surface area contributed by atoms with Crippen molar-refractivity contribution in [2.45, 2.75) is 25.0 Å². The van der Waals surface area contributed by atoms with E-state index in [1.54, 1.807) is 17.8 Å². The van der Waals surface area contributed by atoms with Gasteiger partial charge < -0.3 is 15.2 Å². The molecule has 21 heavy (non-hydrogen) atoms. The first-order valence-corrected chi connectivity index (χ1v) is 7.96. The molecular formula is C15H21NO4S. The topological polar surface area (TPSA) is 75.6 Å². The molecule has 0 saturated carbocycles. The van der Waals surface area contributed by atoms with Gasteiger partial charge in [0, 0.05) is 18.2 Å². The van der Waals surface area contributed by atoms with E-state index in [0.29, 0.717) is 30.4 Å². The second kappa shape index (κ2) is 8.56. The average molecular weight is 311 g/mol. The molecule has 0 bridgehead atoms. The Hall–Kier alpha value is -1.69. The molecule has 5 nitrogen and oxygen atoms in total. The zero-order chi connectivity index (χ0) is 15.8. The third-order valence-electron chi connectivity index (χ3n) is 3.13. The first-order chi connectivity index (χ1) is 9.97. The number of rotatable bonds is 8. The number of benzene rings is 1. The fraction of sp³-hybridized carbons (Fsp3) is 0.467. The molecule has 0 aliphatic carbocycles. The Kier molecular flexibility index (Phi) is 7.08. The van der Waals surface area contributed by atoms with Crippen molar-refractivity contribution in [2.75, 3.05) is 19.9 Å². The normalized spacial score (nSPS) is 11.8. The van der Waals surface area contributed by atoms with E-state index in [0.717, 1.165) is 5.56 Å². The summed E-state index contributed by atoms with van der Waals surface area (Å²) >= 11 is 1.66. The van der Waals surface area contributed by atoms with Crippen LogP contribution >= 0.6 is 11.8 Å². The molecule has 0 aliphatic heterocycles. The van der Waals surface area contributed by atoms with Gasteiger partial charge in [-0.2, -0.15) is 11.8 Å². The van der Waals surface area contributed by atoms with Crippen molar-refractivity contribution < 1.29 is 19.4 Å². The van der Waals surface area contributed by atoms with Gasteiger partial charge in [0.15, 0.2) is 0 Å². The minimum atomic E-state index is -0.987. The second-order valence-electron chi connectivity index (χ2n) is 4.68. The summed E-state index contributed by atoms with van der Waals surface area (Å²) in [5.74, 6) is -0.432. The number of amides is 1. The van der Waals surface area contributed by atoms with Crippen LogP contribution in [0, 0.1) is 0 Å². The second-order valence-corrected chi connectivity index (χ2v) is 5.96. The Balaban J connectivity index is 2.55. The Morgan fingerprint density at radius 2 is 2.14 bits per heavy atom. The Bertz CT molecular complexity index is 504. The zero-order valence-corrected chi connectivity index (χ0v) is 13.3. The largest absolute Gasteiger partial charge is 0.496 e. The summed E-state index contributed by atoms with van der Waals surface area (Å²) in [6.07, 6.45) is 3.07. The molecule has 0 radical (unpaired) electrons. The van der Waals surface area contributed by atoms with Crippen LogP contribution in [0.15, 0.2) is 18.2 Å². The van der Waals surface area contributed by atoms with E-state index >= 15 is 0 Å². The first-order valence-electron chi connectivity index (χ1n) is 6.67. The SMILES string of the molecule is COc1cc(C(=O)O)ccc1CCNC(=O)CC(C)SC. The molecular weight excluding hydrogens is 290 g/mol. The number of hydrogen-bond acceptors (Lipinski definition) is 4. The van der Waals surface area contributed by atoms with Crippen molar-refractivity contribution in [1.29, 1.82) is 0 Å². The number of ether oxygens (including phenoxy) is 1. The van der Waals surface area contributed by atoms with Crippen molar-refractivity contribution in [3.05, 3.63) is 29.3 Å². The summed E-state index contributed by atoms with van der Waals surface area (Å²) in [4.78, 5) is 22.6. The molecule has 0 spiro atoms. The standard InChI is InChI=1S/C15H21NO4S/c1-10(21-3)8-14(17)16-7-6-11-4-5-12(15(18)19)9-13(11)20-2/h4-5,9-10H,6-8H2,1-3H3,(H,16,17)(H,18,19). The number of hydrogen-bond donors (Lipinski definition) is 2. The summed E-state index contributed by atoms with van der Waals surface area (Å²) in [5.41, 5.74) is 1.06. The molecule has 0 aliphatic rings. The lowest BCUT2D eigenvalue weighted by atomic mass is 10.1. The van der Waals surface area contributed by atoms with Crippen molar-refractivity contribution in [3.63, 3.8) is 0 Å². The Morgan fingerprint density at radius 1 is 1.43 bits per heavy atom. The van der Waals surface area contributed by atoms with Gasteiger partial charge in [-0.1, -0.05) is 13.0 Å². The molecule has 2 N–H and O–H groups in total. The molecule has 1 amide bonds. The molecule has 1 aromatic carbocycles. The maximum Gasteiger partial charge on any atom is 0.335 e. The van der Waals surface area contributed by atoms with Gasteiger partial charge in [-0.15, -0.1) is 0 Å². The summed E-state index contributed by atoms with van der Waals surface area (Å²) < 4.78 is 5.20. The Labute approximate surface area is 129 Å². The molecule has 1 atom stereocenters. The van der Waals surface area contributed by atoms with Gasteiger partial charge in [-0.05, 0) is 30.4 Å². The van der Waals surface area contributed by atoms with Gasteiger partial charge in [0.1, 0.15) is 5.75 Å². The number of carboxylic acid groups (broad SMARTS) is 1. The number of aromatic carboxylic acids is 1. The molecule has 1 unspecified atom stereocenters. The van der Waals surface area contributed by atoms with Crippen molar-refractivity contribution in [1.82, 2.24) is 5.32 Å². The minimum absolute atomic E-state index is 0.0259. The number of carbonyl (C=O) groups excluding carboxylic acids is 1. The van der Waals surface area contributed by atoms with E-state index in [9.17, 15) is 9.59 Å². The number of nitrogens with one attached hydrogen (secondary N) is 1. The first kappa shape index (κ1) is 17.4. The lowest BCUT2D eigenvalue weighted by Gasteiger charge is -2.11. The minimum Gasteiger partial charge on any atom is -0.496 e. The van der Waals surface area contributed by atoms with Crippen LogP contribution in [0.1, 0.15) is 29.3 Å². The van der Waals surface area contributed by atoms with E-state index in [4.69, 9.17) is 9.84 Å². The monoisotopic (exact) mass is 311 g/mol. The smallest absolute Gasteiger partial charge is 0.335 e. The summed E-state index contributed by atoms with van der Waals surface area (Å²) in [6, 6.07) is 4.76. The predicted octanol–water partition coefficient (Wildman–Crippen LogP) is 2.19. The summed E-state index contributed by atoms with van der Waals surface area (Å²) in [7, 11) is 1.50. The summed E-state index contributed by atoms with van der Waals surface area (Å²) in [5, 5.41) is 12.1. The lowest BCUT2D eigenvalue weighted by molar-refractivity contribution is -0.120. The average Bonchev–Trinajstić information content (AvgIpc) is 2.46. The fourth-order valence-electron chi connectivity index (χ4n) is 1.84. The van der Waals surface area contributed by atoms with E-state index in [1.165, 1.54) is 19.2 Å². The van der Waals surface area contributed by atoms with Crippen LogP contribution in [0.5, 0.6) is 5.75 Å². The van der Waals surface area contributed by atoms with Crippen LogP contribution < -0.4 is 10.1 Å². The van der Waals surface area contributed by atoms with Crippen LogP contribution in [-0.2, 0) is 11.2 Å². The van der Waals surface area contributed by atoms with Gasteiger partial charge in [0.25, 0.3) is 0 Å². The van der Waals surface area contributed by atoms with Crippen molar-refractivity contribution in [2.24, 2.45) is 0 Å².